The fraction of sp³-hybridized carbons (Fsp3) is 0.750. The van der Waals surface area contributed by atoms with E-state index < -0.39 is 0 Å². The second-order valence-corrected chi connectivity index (χ2v) is 7.54. The maximum Gasteiger partial charge on any atom is 0.0843 e. The molecule has 0 rings (SSSR count). The first-order valence-corrected chi connectivity index (χ1v) is 6.83. The van der Waals surface area contributed by atoms with Gasteiger partial charge in [-0.1, -0.05) is 54.7 Å². The first-order chi connectivity index (χ1) is 7.99. The van der Waals surface area contributed by atoms with Crippen LogP contribution in [-0.2, 0) is 0 Å². The Hall–Kier alpha value is -0.920. The Kier molecular flexibility index (Phi) is 6.51. The summed E-state index contributed by atoms with van der Waals surface area (Å²) < 4.78 is 0. The van der Waals surface area contributed by atoms with Crippen molar-refractivity contribution in [2.24, 2.45) is 10.8 Å². The van der Waals surface area contributed by atoms with E-state index in [0.717, 1.165) is 37.3 Å². The molecule has 0 saturated carbocycles. The summed E-state index contributed by atoms with van der Waals surface area (Å²) >= 11 is 0. The lowest BCUT2D eigenvalue weighted by atomic mass is 9.90. The average Bonchev–Trinajstić information content (AvgIpc) is 2.10. The van der Waals surface area contributed by atoms with E-state index in [1.165, 1.54) is 0 Å². The van der Waals surface area contributed by atoms with E-state index in [1.54, 1.807) is 0 Å². The highest BCUT2D eigenvalue weighted by molar-refractivity contribution is 4.97. The molecule has 2 N–H and O–H groups in total. The van der Waals surface area contributed by atoms with Crippen LogP contribution in [0.3, 0.4) is 0 Å². The molecule has 0 aliphatic rings. The minimum Gasteiger partial charge on any atom is -0.372 e. The van der Waals surface area contributed by atoms with Gasteiger partial charge >= 0.3 is 0 Å². The number of nitrogens with one attached hydrogen (secondary N) is 2. The van der Waals surface area contributed by atoms with E-state index in [-0.39, 0.29) is 5.41 Å². The number of allylic oxidation sites excluding steroid dienone is 2. The van der Waals surface area contributed by atoms with Crippen LogP contribution in [0, 0.1) is 10.8 Å². The Morgan fingerprint density at radius 1 is 0.833 bits per heavy atom. The zero-order valence-corrected chi connectivity index (χ0v) is 13.2. The molecule has 0 aromatic heterocycles. The van der Waals surface area contributed by atoms with Crippen molar-refractivity contribution in [3.8, 4) is 0 Å². The highest BCUT2D eigenvalue weighted by atomic mass is 15.1. The topological polar surface area (TPSA) is 24.1 Å². The molecule has 0 aromatic carbocycles. The van der Waals surface area contributed by atoms with Crippen molar-refractivity contribution >= 4 is 0 Å². The van der Waals surface area contributed by atoms with E-state index in [4.69, 9.17) is 0 Å². The Balaban J connectivity index is 3.72. The first-order valence-electron chi connectivity index (χ1n) is 6.83. The molecule has 0 amide bonds. The van der Waals surface area contributed by atoms with Crippen LogP contribution in [-0.4, -0.2) is 6.67 Å². The predicted octanol–water partition coefficient (Wildman–Crippen LogP) is 4.41. The summed E-state index contributed by atoms with van der Waals surface area (Å²) in [6.45, 7) is 22.2. The van der Waals surface area contributed by atoms with Gasteiger partial charge in [-0.05, 0) is 30.1 Å². The molecular formula is C16H32N2. The molecular weight excluding hydrogens is 220 g/mol. The van der Waals surface area contributed by atoms with E-state index >= 15 is 0 Å². The Morgan fingerprint density at radius 2 is 1.33 bits per heavy atom. The fourth-order valence-electron chi connectivity index (χ4n) is 1.61. The van der Waals surface area contributed by atoms with Gasteiger partial charge in [-0.15, -0.1) is 0 Å². The van der Waals surface area contributed by atoms with Crippen molar-refractivity contribution < 1.29 is 0 Å². The van der Waals surface area contributed by atoms with Crippen LogP contribution in [0.1, 0.15) is 60.8 Å². The normalized spacial score (nSPS) is 12.1. The average molecular weight is 252 g/mol. The molecule has 0 unspecified atom stereocenters. The van der Waals surface area contributed by atoms with Gasteiger partial charge in [0.2, 0.25) is 0 Å². The fourth-order valence-corrected chi connectivity index (χ4v) is 1.61. The third-order valence-electron chi connectivity index (χ3n) is 2.60. The van der Waals surface area contributed by atoms with Gasteiger partial charge < -0.3 is 10.6 Å². The molecule has 0 aromatic rings. The lowest BCUT2D eigenvalue weighted by Crippen LogP contribution is -2.29. The smallest absolute Gasteiger partial charge is 0.0843 e. The molecule has 18 heavy (non-hydrogen) atoms. The molecule has 0 heterocycles. The monoisotopic (exact) mass is 252 g/mol. The van der Waals surface area contributed by atoms with Crippen molar-refractivity contribution in [1.29, 1.82) is 0 Å². The summed E-state index contributed by atoms with van der Waals surface area (Å²) in [6, 6.07) is 0. The molecule has 2 nitrogen and oxygen atoms in total. The van der Waals surface area contributed by atoms with Crippen molar-refractivity contribution in [2.45, 2.75) is 60.8 Å². The Morgan fingerprint density at radius 3 is 1.78 bits per heavy atom. The van der Waals surface area contributed by atoms with Gasteiger partial charge in [0.15, 0.2) is 0 Å². The van der Waals surface area contributed by atoms with Gasteiger partial charge in [-0.25, -0.2) is 0 Å². The maximum atomic E-state index is 4.05. The maximum absolute atomic E-state index is 4.05. The van der Waals surface area contributed by atoms with Crippen LogP contribution in [0.4, 0.5) is 0 Å². The first kappa shape index (κ1) is 17.1. The molecule has 106 valence electrons. The number of hydrogen-bond donors (Lipinski definition) is 2. The molecule has 0 aliphatic carbocycles. The van der Waals surface area contributed by atoms with Crippen molar-refractivity contribution in [1.82, 2.24) is 10.6 Å². The zero-order valence-electron chi connectivity index (χ0n) is 13.2. The van der Waals surface area contributed by atoms with E-state index in [0.29, 0.717) is 5.41 Å². The van der Waals surface area contributed by atoms with Crippen LogP contribution in [0.15, 0.2) is 24.6 Å². The van der Waals surface area contributed by atoms with Gasteiger partial charge in [-0.2, -0.15) is 0 Å². The van der Waals surface area contributed by atoms with Crippen molar-refractivity contribution in [2.75, 3.05) is 6.67 Å². The largest absolute Gasteiger partial charge is 0.372 e. The molecule has 0 radical (unpaired) electrons. The van der Waals surface area contributed by atoms with E-state index in [1.807, 2.05) is 0 Å². The van der Waals surface area contributed by atoms with Crippen LogP contribution in [0.5, 0.6) is 0 Å². The molecule has 0 atom stereocenters. The van der Waals surface area contributed by atoms with Gasteiger partial charge in [-0.3, -0.25) is 0 Å². The summed E-state index contributed by atoms with van der Waals surface area (Å²) in [5.41, 5.74) is 2.83. The standard InChI is InChI=1S/C16H32N2/c1-13(9-10-15(3,4)5)17-12-18-14(2)11-16(6,7)8/h17-18H,1-2,9-12H2,3-8H3. The van der Waals surface area contributed by atoms with Gasteiger partial charge in [0.1, 0.15) is 0 Å². The predicted molar refractivity (Wildman–Crippen MR) is 82.2 cm³/mol. The third-order valence-corrected chi connectivity index (χ3v) is 2.60. The second-order valence-electron chi connectivity index (χ2n) is 7.54. The summed E-state index contributed by atoms with van der Waals surface area (Å²) in [6.07, 6.45) is 3.17. The third kappa shape index (κ3) is 11.6. The molecule has 0 saturated heterocycles. The number of hydrogen-bond acceptors (Lipinski definition) is 2. The van der Waals surface area contributed by atoms with Crippen LogP contribution >= 0.6 is 0 Å². The summed E-state index contributed by atoms with van der Waals surface area (Å²) in [4.78, 5) is 0. The van der Waals surface area contributed by atoms with Crippen molar-refractivity contribution in [3.05, 3.63) is 24.6 Å². The Labute approximate surface area is 114 Å². The zero-order chi connectivity index (χ0) is 14.4. The highest BCUT2D eigenvalue weighted by Gasteiger charge is 2.12. The lowest BCUT2D eigenvalue weighted by molar-refractivity contribution is 0.372. The second kappa shape index (κ2) is 6.86. The molecule has 0 fully saturated rings. The van der Waals surface area contributed by atoms with Crippen LogP contribution < -0.4 is 10.6 Å². The quantitative estimate of drug-likeness (QED) is 0.656. The number of rotatable bonds is 7. The summed E-state index contributed by atoms with van der Waals surface area (Å²) in [5, 5.41) is 6.61. The highest BCUT2D eigenvalue weighted by Crippen LogP contribution is 2.22. The van der Waals surface area contributed by atoms with Crippen LogP contribution in [0.2, 0.25) is 0 Å². The van der Waals surface area contributed by atoms with Gasteiger partial charge in [0, 0.05) is 11.4 Å². The summed E-state index contributed by atoms with van der Waals surface area (Å²) in [7, 11) is 0. The van der Waals surface area contributed by atoms with E-state index in [9.17, 15) is 0 Å². The van der Waals surface area contributed by atoms with Gasteiger partial charge in [0.05, 0.1) is 6.67 Å². The Bertz CT molecular complexity index is 276. The lowest BCUT2D eigenvalue weighted by Gasteiger charge is -2.22. The van der Waals surface area contributed by atoms with Crippen molar-refractivity contribution in [3.63, 3.8) is 0 Å². The molecule has 0 bridgehead atoms. The summed E-state index contributed by atoms with van der Waals surface area (Å²) in [5.74, 6) is 0. The molecule has 0 spiro atoms. The van der Waals surface area contributed by atoms with E-state index in [2.05, 4.69) is 65.3 Å². The molecule has 0 aliphatic heterocycles. The molecule has 2 heteroatoms. The minimum atomic E-state index is 0.285. The SMILES string of the molecule is C=C(CCC(C)(C)C)NCNC(=C)CC(C)(C)C. The van der Waals surface area contributed by atoms with Gasteiger partial charge in [0.25, 0.3) is 0 Å². The van der Waals surface area contributed by atoms with Crippen LogP contribution in [0.25, 0.3) is 0 Å². The minimum absolute atomic E-state index is 0.285.